The summed E-state index contributed by atoms with van der Waals surface area (Å²) in [5, 5.41) is 3.64. The van der Waals surface area contributed by atoms with E-state index in [9.17, 15) is 9.59 Å². The quantitative estimate of drug-likeness (QED) is 0.871. The lowest BCUT2D eigenvalue weighted by molar-refractivity contribution is 0.0104. The second-order valence-electron chi connectivity index (χ2n) is 8.31. The van der Waals surface area contributed by atoms with Crippen LogP contribution in [-0.4, -0.2) is 24.6 Å². The Bertz CT molecular complexity index is 915. The number of fused-ring (bicyclic) bond motifs is 1. The van der Waals surface area contributed by atoms with Crippen LogP contribution in [0.15, 0.2) is 9.59 Å². The van der Waals surface area contributed by atoms with E-state index in [1.165, 1.54) is 50.1 Å². The third-order valence-corrected chi connectivity index (χ3v) is 6.52. The molecule has 4 aliphatic rings. The average Bonchev–Trinajstić information content (AvgIpc) is 2.93. The van der Waals surface area contributed by atoms with Gasteiger partial charge in [-0.15, -0.1) is 0 Å². The van der Waals surface area contributed by atoms with Crippen molar-refractivity contribution in [3.8, 4) is 0 Å². The molecule has 4 fully saturated rings. The Morgan fingerprint density at radius 1 is 1.04 bits per heavy atom. The third kappa shape index (κ3) is 1.87. The molecule has 0 spiro atoms. The van der Waals surface area contributed by atoms with Gasteiger partial charge >= 0.3 is 5.69 Å². The normalized spacial score (nSPS) is 34.2. The van der Waals surface area contributed by atoms with E-state index in [0.717, 1.165) is 22.3 Å². The van der Waals surface area contributed by atoms with Gasteiger partial charge < -0.3 is 10.3 Å². The minimum Gasteiger partial charge on any atom is -0.350 e. The van der Waals surface area contributed by atoms with Gasteiger partial charge in [-0.3, -0.25) is 13.9 Å². The highest BCUT2D eigenvalue weighted by Gasteiger charge is 2.51. The molecule has 7 nitrogen and oxygen atoms in total. The summed E-state index contributed by atoms with van der Waals surface area (Å²) >= 11 is 0. The molecule has 2 aromatic rings. The van der Waals surface area contributed by atoms with Crippen molar-refractivity contribution < 1.29 is 0 Å². The smallest absolute Gasteiger partial charge is 0.332 e. The number of hydrogen-bond acceptors (Lipinski definition) is 4. The number of rotatable bonds is 2. The summed E-state index contributed by atoms with van der Waals surface area (Å²) in [6.45, 7) is 0. The topological polar surface area (TPSA) is 84.7 Å². The highest BCUT2D eigenvalue weighted by atomic mass is 16.2. The van der Waals surface area contributed by atoms with E-state index < -0.39 is 0 Å². The first-order valence-electron chi connectivity index (χ1n) is 8.88. The van der Waals surface area contributed by atoms with Crippen molar-refractivity contribution in [1.82, 2.24) is 19.1 Å². The van der Waals surface area contributed by atoms with Crippen LogP contribution in [0.4, 0.5) is 5.95 Å². The standard InChI is InChI=1S/C17H23N5O2/c1-21-13-12(14(23)22(2)16(21)24)18-15(19-13)20-17-6-9-3-10(7-17)5-11(4-9)8-17/h9-11H,3-8H2,1-2H3,(H2,18,19,20). The van der Waals surface area contributed by atoms with Gasteiger partial charge in [0.1, 0.15) is 0 Å². The number of aromatic nitrogens is 4. The van der Waals surface area contributed by atoms with E-state index in [1.807, 2.05) is 0 Å². The molecule has 7 heteroatoms. The fraction of sp³-hybridized carbons (Fsp3) is 0.706. The molecule has 0 radical (unpaired) electrons. The van der Waals surface area contributed by atoms with Crippen molar-refractivity contribution in [2.45, 2.75) is 44.1 Å². The van der Waals surface area contributed by atoms with Crippen LogP contribution in [0.3, 0.4) is 0 Å². The van der Waals surface area contributed by atoms with Crippen LogP contribution in [-0.2, 0) is 14.1 Å². The number of hydrogen-bond donors (Lipinski definition) is 2. The molecular formula is C17H23N5O2. The van der Waals surface area contributed by atoms with Crippen molar-refractivity contribution >= 4 is 17.1 Å². The summed E-state index contributed by atoms with van der Waals surface area (Å²) in [5.41, 5.74) is 0.272. The minimum absolute atomic E-state index is 0.118. The van der Waals surface area contributed by atoms with Crippen LogP contribution in [0.25, 0.3) is 11.2 Å². The van der Waals surface area contributed by atoms with Crippen molar-refractivity contribution in [2.24, 2.45) is 31.8 Å². The Morgan fingerprint density at radius 2 is 1.62 bits per heavy atom. The van der Waals surface area contributed by atoms with Crippen molar-refractivity contribution in [3.05, 3.63) is 20.8 Å². The predicted octanol–water partition coefficient (Wildman–Crippen LogP) is 1.34. The Balaban J connectivity index is 1.57. The number of nitrogens with zero attached hydrogens (tertiary/aromatic N) is 3. The SMILES string of the molecule is Cn1c(=O)c2[nH]c(NC34CC5CC(CC(C5)C3)C4)nc2n(C)c1=O. The molecule has 2 N–H and O–H groups in total. The van der Waals surface area contributed by atoms with Gasteiger partial charge in [-0.1, -0.05) is 0 Å². The number of anilines is 1. The maximum atomic E-state index is 12.3. The molecule has 4 saturated carbocycles. The summed E-state index contributed by atoms with van der Waals surface area (Å²) in [4.78, 5) is 32.1. The van der Waals surface area contributed by atoms with E-state index in [0.29, 0.717) is 17.1 Å². The lowest BCUT2D eigenvalue weighted by atomic mass is 9.53. The molecule has 4 bridgehead atoms. The molecule has 24 heavy (non-hydrogen) atoms. The zero-order chi connectivity index (χ0) is 16.6. The van der Waals surface area contributed by atoms with Crippen LogP contribution in [0.5, 0.6) is 0 Å². The fourth-order valence-corrected chi connectivity index (χ4v) is 5.90. The first-order chi connectivity index (χ1) is 11.4. The van der Waals surface area contributed by atoms with Gasteiger partial charge in [0, 0.05) is 19.6 Å². The summed E-state index contributed by atoms with van der Waals surface area (Å²) in [6, 6.07) is 0. The van der Waals surface area contributed by atoms with Crippen molar-refractivity contribution in [2.75, 3.05) is 5.32 Å². The Morgan fingerprint density at radius 3 is 2.21 bits per heavy atom. The molecule has 4 aliphatic carbocycles. The largest absolute Gasteiger partial charge is 0.350 e. The number of nitrogens with one attached hydrogen (secondary N) is 2. The van der Waals surface area contributed by atoms with Crippen LogP contribution in [0.1, 0.15) is 38.5 Å². The van der Waals surface area contributed by atoms with Crippen molar-refractivity contribution in [3.63, 3.8) is 0 Å². The Hall–Kier alpha value is -2.05. The van der Waals surface area contributed by atoms with Gasteiger partial charge in [0.25, 0.3) is 5.56 Å². The van der Waals surface area contributed by atoms with E-state index in [1.54, 1.807) is 7.05 Å². The molecule has 2 heterocycles. The Kier molecular flexibility index (Phi) is 2.69. The van der Waals surface area contributed by atoms with Gasteiger partial charge in [-0.2, -0.15) is 4.98 Å². The fourth-order valence-electron chi connectivity index (χ4n) is 5.90. The molecule has 0 unspecified atom stereocenters. The van der Waals surface area contributed by atoms with E-state index in [4.69, 9.17) is 0 Å². The monoisotopic (exact) mass is 329 g/mol. The van der Waals surface area contributed by atoms with Gasteiger partial charge in [0.15, 0.2) is 11.2 Å². The highest BCUT2D eigenvalue weighted by Crippen LogP contribution is 2.56. The molecule has 0 atom stereocenters. The maximum Gasteiger partial charge on any atom is 0.332 e. The first-order valence-corrected chi connectivity index (χ1v) is 8.88. The Labute approximate surface area is 139 Å². The van der Waals surface area contributed by atoms with Crippen LogP contribution >= 0.6 is 0 Å². The molecule has 0 saturated heterocycles. The summed E-state index contributed by atoms with van der Waals surface area (Å²) in [5.74, 6) is 3.14. The van der Waals surface area contributed by atoms with Crippen LogP contribution in [0, 0.1) is 17.8 Å². The molecule has 128 valence electrons. The predicted molar refractivity (Wildman–Crippen MR) is 91.1 cm³/mol. The molecule has 0 aliphatic heterocycles. The molecule has 2 aromatic heterocycles. The van der Waals surface area contributed by atoms with Crippen LogP contribution in [0.2, 0.25) is 0 Å². The number of H-pyrrole nitrogens is 1. The van der Waals surface area contributed by atoms with E-state index in [2.05, 4.69) is 15.3 Å². The second-order valence-corrected chi connectivity index (χ2v) is 8.31. The summed E-state index contributed by atoms with van der Waals surface area (Å²) in [7, 11) is 3.15. The molecular weight excluding hydrogens is 306 g/mol. The highest BCUT2D eigenvalue weighted by molar-refractivity contribution is 5.72. The van der Waals surface area contributed by atoms with E-state index in [-0.39, 0.29) is 16.8 Å². The molecule has 0 amide bonds. The lowest BCUT2D eigenvalue weighted by Gasteiger charge is -2.56. The summed E-state index contributed by atoms with van der Waals surface area (Å²) in [6.07, 6.45) is 7.76. The third-order valence-electron chi connectivity index (χ3n) is 6.52. The number of aromatic amines is 1. The maximum absolute atomic E-state index is 12.3. The minimum atomic E-state index is -0.347. The molecule has 0 aromatic carbocycles. The average molecular weight is 329 g/mol. The number of aryl methyl sites for hydroxylation is 1. The lowest BCUT2D eigenvalue weighted by Crippen LogP contribution is -2.54. The van der Waals surface area contributed by atoms with Gasteiger partial charge in [-0.05, 0) is 56.3 Å². The second kappa shape index (κ2) is 4.52. The summed E-state index contributed by atoms with van der Waals surface area (Å²) < 4.78 is 2.55. The molecule has 6 rings (SSSR count). The van der Waals surface area contributed by atoms with Crippen molar-refractivity contribution in [1.29, 1.82) is 0 Å². The number of imidazole rings is 1. The zero-order valence-corrected chi connectivity index (χ0v) is 14.1. The van der Waals surface area contributed by atoms with Crippen LogP contribution < -0.4 is 16.6 Å². The first kappa shape index (κ1) is 14.3. The van der Waals surface area contributed by atoms with Gasteiger partial charge in [0.05, 0.1) is 0 Å². The van der Waals surface area contributed by atoms with Gasteiger partial charge in [-0.25, -0.2) is 4.79 Å². The zero-order valence-electron chi connectivity index (χ0n) is 14.1. The van der Waals surface area contributed by atoms with Gasteiger partial charge in [0.2, 0.25) is 5.95 Å². The van der Waals surface area contributed by atoms with E-state index >= 15 is 0 Å².